The molecule has 1 heterocycles. The molecule has 102 valence electrons. The second kappa shape index (κ2) is 5.45. The summed E-state index contributed by atoms with van der Waals surface area (Å²) in [6, 6.07) is 7.54. The van der Waals surface area contributed by atoms with Crippen LogP contribution in [0.5, 0.6) is 5.75 Å². The number of rotatable bonds is 4. The summed E-state index contributed by atoms with van der Waals surface area (Å²) in [4.78, 5) is 0. The van der Waals surface area contributed by atoms with Gasteiger partial charge in [-0.15, -0.1) is 0 Å². The number of ether oxygens (including phenoxy) is 1. The van der Waals surface area contributed by atoms with Crippen LogP contribution in [0, 0.1) is 13.8 Å². The quantitative estimate of drug-likeness (QED) is 0.917. The zero-order chi connectivity index (χ0) is 14.0. The highest BCUT2D eigenvalue weighted by molar-refractivity contribution is 5.32. The Morgan fingerprint density at radius 1 is 1.37 bits per heavy atom. The van der Waals surface area contributed by atoms with Crippen molar-refractivity contribution >= 4 is 0 Å². The number of benzene rings is 1. The van der Waals surface area contributed by atoms with E-state index >= 15 is 0 Å². The van der Waals surface area contributed by atoms with Gasteiger partial charge in [0.2, 0.25) is 0 Å². The number of aliphatic hydroxyl groups is 1. The molecule has 4 heteroatoms. The minimum Gasteiger partial charge on any atom is -0.497 e. The van der Waals surface area contributed by atoms with Crippen molar-refractivity contribution in [2.24, 2.45) is 7.05 Å². The highest BCUT2D eigenvalue weighted by Crippen LogP contribution is 2.24. The summed E-state index contributed by atoms with van der Waals surface area (Å²) in [6.45, 7) is 3.99. The average Bonchev–Trinajstić information content (AvgIpc) is 2.65. The van der Waals surface area contributed by atoms with Gasteiger partial charge in [-0.3, -0.25) is 4.68 Å². The van der Waals surface area contributed by atoms with Crippen LogP contribution in [-0.2, 0) is 13.5 Å². The van der Waals surface area contributed by atoms with E-state index in [0.29, 0.717) is 6.42 Å². The first-order chi connectivity index (χ1) is 9.02. The first-order valence-electron chi connectivity index (χ1n) is 6.34. The zero-order valence-electron chi connectivity index (χ0n) is 11.8. The predicted molar refractivity (Wildman–Crippen MR) is 74.3 cm³/mol. The lowest BCUT2D eigenvalue weighted by Gasteiger charge is -2.12. The molecule has 0 aliphatic rings. The van der Waals surface area contributed by atoms with E-state index in [1.54, 1.807) is 7.11 Å². The molecule has 1 aromatic heterocycles. The van der Waals surface area contributed by atoms with Crippen molar-refractivity contribution in [3.05, 3.63) is 46.8 Å². The van der Waals surface area contributed by atoms with E-state index in [0.717, 1.165) is 28.3 Å². The van der Waals surface area contributed by atoms with E-state index in [1.807, 2.05) is 49.8 Å². The van der Waals surface area contributed by atoms with Gasteiger partial charge >= 0.3 is 0 Å². The number of aromatic nitrogens is 2. The van der Waals surface area contributed by atoms with Gasteiger partial charge < -0.3 is 9.84 Å². The van der Waals surface area contributed by atoms with Gasteiger partial charge in [0.15, 0.2) is 0 Å². The highest BCUT2D eigenvalue weighted by atomic mass is 16.5. The summed E-state index contributed by atoms with van der Waals surface area (Å²) < 4.78 is 7.03. The lowest BCUT2D eigenvalue weighted by molar-refractivity contribution is 0.177. The maximum Gasteiger partial charge on any atom is 0.119 e. The number of aliphatic hydroxyl groups excluding tert-OH is 1. The van der Waals surface area contributed by atoms with E-state index < -0.39 is 6.10 Å². The van der Waals surface area contributed by atoms with Gasteiger partial charge in [0.05, 0.1) is 18.9 Å². The fourth-order valence-electron chi connectivity index (χ4n) is 2.27. The number of methoxy groups -OCH3 is 1. The molecule has 1 aromatic carbocycles. The van der Waals surface area contributed by atoms with Crippen LogP contribution < -0.4 is 4.74 Å². The molecule has 0 amide bonds. The van der Waals surface area contributed by atoms with Crippen molar-refractivity contribution in [3.8, 4) is 5.75 Å². The summed E-state index contributed by atoms with van der Waals surface area (Å²) >= 11 is 0. The third kappa shape index (κ3) is 2.79. The Kier molecular flexibility index (Phi) is 3.90. The van der Waals surface area contributed by atoms with Gasteiger partial charge in [-0.2, -0.15) is 5.10 Å². The van der Waals surface area contributed by atoms with Crippen molar-refractivity contribution in [3.63, 3.8) is 0 Å². The lowest BCUT2D eigenvalue weighted by Crippen LogP contribution is -2.04. The third-order valence-corrected chi connectivity index (χ3v) is 3.53. The normalized spacial score (nSPS) is 12.5. The first kappa shape index (κ1) is 13.6. The molecule has 0 aliphatic heterocycles. The molecule has 2 aromatic rings. The summed E-state index contributed by atoms with van der Waals surface area (Å²) in [7, 11) is 3.55. The number of aryl methyl sites for hydroxylation is 2. The van der Waals surface area contributed by atoms with Crippen LogP contribution in [0.25, 0.3) is 0 Å². The monoisotopic (exact) mass is 260 g/mol. The Morgan fingerprint density at radius 3 is 2.68 bits per heavy atom. The third-order valence-electron chi connectivity index (χ3n) is 3.53. The fraction of sp³-hybridized carbons (Fsp3) is 0.400. The molecule has 0 spiro atoms. The molecular weight excluding hydrogens is 240 g/mol. The van der Waals surface area contributed by atoms with Crippen LogP contribution in [0.4, 0.5) is 0 Å². The smallest absolute Gasteiger partial charge is 0.119 e. The molecule has 0 saturated carbocycles. The maximum atomic E-state index is 10.4. The molecule has 0 aliphatic carbocycles. The second-order valence-corrected chi connectivity index (χ2v) is 4.77. The molecule has 0 fully saturated rings. The Balaban J connectivity index is 2.22. The number of hydrogen-bond donors (Lipinski definition) is 1. The van der Waals surface area contributed by atoms with Crippen LogP contribution in [0.3, 0.4) is 0 Å². The maximum absolute atomic E-state index is 10.4. The Morgan fingerprint density at radius 2 is 2.11 bits per heavy atom. The van der Waals surface area contributed by atoms with Crippen molar-refractivity contribution in [2.45, 2.75) is 26.4 Å². The van der Waals surface area contributed by atoms with E-state index in [4.69, 9.17) is 4.74 Å². The largest absolute Gasteiger partial charge is 0.497 e. The molecule has 0 bridgehead atoms. The Hall–Kier alpha value is -1.81. The van der Waals surface area contributed by atoms with E-state index in [1.165, 1.54) is 0 Å². The molecule has 1 N–H and O–H groups in total. The van der Waals surface area contributed by atoms with Crippen LogP contribution in [0.15, 0.2) is 24.3 Å². The molecule has 4 nitrogen and oxygen atoms in total. The summed E-state index contributed by atoms with van der Waals surface area (Å²) in [5.74, 6) is 0.760. The van der Waals surface area contributed by atoms with E-state index in [2.05, 4.69) is 5.10 Å². The number of nitrogens with zero attached hydrogens (tertiary/aromatic N) is 2. The molecular formula is C15H20N2O2. The Bertz CT molecular complexity index is 576. The van der Waals surface area contributed by atoms with Crippen molar-refractivity contribution < 1.29 is 9.84 Å². The van der Waals surface area contributed by atoms with Crippen LogP contribution in [0.1, 0.15) is 28.6 Å². The van der Waals surface area contributed by atoms with E-state index in [-0.39, 0.29) is 0 Å². The summed E-state index contributed by atoms with van der Waals surface area (Å²) in [5, 5.41) is 14.7. The summed E-state index contributed by atoms with van der Waals surface area (Å²) in [6.07, 6.45) is 0.0234. The van der Waals surface area contributed by atoms with Gasteiger partial charge in [-0.1, -0.05) is 12.1 Å². The molecule has 19 heavy (non-hydrogen) atoms. The lowest BCUT2D eigenvalue weighted by atomic mass is 10.00. The first-order valence-corrected chi connectivity index (χ1v) is 6.34. The SMILES string of the molecule is COc1cccc(C(O)Cc2c(C)nn(C)c2C)c1. The van der Waals surface area contributed by atoms with Gasteiger partial charge in [0, 0.05) is 19.2 Å². The molecule has 1 atom stereocenters. The standard InChI is InChI=1S/C15H20N2O2/c1-10-14(11(2)17(3)16-10)9-15(18)12-6-5-7-13(8-12)19-4/h5-8,15,18H,9H2,1-4H3. The highest BCUT2D eigenvalue weighted by Gasteiger charge is 2.15. The van der Waals surface area contributed by atoms with E-state index in [9.17, 15) is 5.11 Å². The van der Waals surface area contributed by atoms with Gasteiger partial charge in [0.1, 0.15) is 5.75 Å². The van der Waals surface area contributed by atoms with Crippen LogP contribution >= 0.6 is 0 Å². The minimum atomic E-state index is -0.545. The van der Waals surface area contributed by atoms with Gasteiger partial charge in [-0.25, -0.2) is 0 Å². The molecule has 1 unspecified atom stereocenters. The topological polar surface area (TPSA) is 47.3 Å². The minimum absolute atomic E-state index is 0.545. The Labute approximate surface area is 113 Å². The van der Waals surface area contributed by atoms with Gasteiger partial charge in [-0.05, 0) is 37.1 Å². The average molecular weight is 260 g/mol. The molecule has 0 saturated heterocycles. The number of hydrogen-bond acceptors (Lipinski definition) is 3. The summed E-state index contributed by atoms with van der Waals surface area (Å²) in [5.41, 5.74) is 4.04. The molecule has 2 rings (SSSR count). The predicted octanol–water partition coefficient (Wildman–Crippen LogP) is 2.32. The van der Waals surface area contributed by atoms with Crippen LogP contribution in [0.2, 0.25) is 0 Å². The van der Waals surface area contributed by atoms with Crippen molar-refractivity contribution in [1.29, 1.82) is 0 Å². The fourth-order valence-corrected chi connectivity index (χ4v) is 2.27. The van der Waals surface area contributed by atoms with Crippen LogP contribution in [-0.4, -0.2) is 22.0 Å². The van der Waals surface area contributed by atoms with Gasteiger partial charge in [0.25, 0.3) is 0 Å². The zero-order valence-corrected chi connectivity index (χ0v) is 11.8. The van der Waals surface area contributed by atoms with Crippen molar-refractivity contribution in [1.82, 2.24) is 9.78 Å². The van der Waals surface area contributed by atoms with Crippen molar-refractivity contribution in [2.75, 3.05) is 7.11 Å². The molecule has 0 radical (unpaired) electrons. The second-order valence-electron chi connectivity index (χ2n) is 4.77.